The van der Waals surface area contributed by atoms with Crippen molar-refractivity contribution in [3.8, 4) is 0 Å². The largest absolute Gasteiger partial charge is 0.399 e. The maximum Gasteiger partial charge on any atom is 0.103 e. The number of nitrogens with zero attached hydrogens (tertiary/aromatic N) is 1. The lowest BCUT2D eigenvalue weighted by atomic mass is 9.87. The maximum atomic E-state index is 6.01. The predicted octanol–water partition coefficient (Wildman–Crippen LogP) is 6.10. The summed E-state index contributed by atoms with van der Waals surface area (Å²) in [5.41, 5.74) is 16.3. The fraction of sp³-hybridized carbons (Fsp3) is 0.292. The molecule has 1 aliphatic rings. The molecule has 0 radical (unpaired) electrons. The van der Waals surface area contributed by atoms with Crippen molar-refractivity contribution in [3.05, 3.63) is 82.6 Å². The highest BCUT2D eigenvalue weighted by molar-refractivity contribution is 8.13. The molecule has 2 nitrogen and oxygen atoms in total. The quantitative estimate of drug-likeness (QED) is 0.398. The van der Waals surface area contributed by atoms with Crippen molar-refractivity contribution in [2.24, 2.45) is 4.99 Å². The van der Waals surface area contributed by atoms with Crippen molar-refractivity contribution < 1.29 is 0 Å². The van der Waals surface area contributed by atoms with E-state index in [1.807, 2.05) is 13.0 Å². The fourth-order valence-electron chi connectivity index (χ4n) is 3.60. The summed E-state index contributed by atoms with van der Waals surface area (Å²) in [7, 11) is 0. The van der Waals surface area contributed by atoms with Crippen molar-refractivity contribution >= 4 is 28.1 Å². The smallest absolute Gasteiger partial charge is 0.103 e. The van der Waals surface area contributed by atoms with Crippen LogP contribution in [-0.4, -0.2) is 11.3 Å². The molecule has 0 aromatic heterocycles. The van der Waals surface area contributed by atoms with E-state index in [0.29, 0.717) is 0 Å². The summed E-state index contributed by atoms with van der Waals surface area (Å²) in [5, 5.41) is 1.01. The van der Waals surface area contributed by atoms with E-state index in [1.165, 1.54) is 34.2 Å². The molecule has 0 spiro atoms. The Bertz CT molecular complexity index is 938. The zero-order valence-electron chi connectivity index (χ0n) is 16.6. The van der Waals surface area contributed by atoms with Crippen LogP contribution >= 0.6 is 11.8 Å². The van der Waals surface area contributed by atoms with Gasteiger partial charge in [0.2, 0.25) is 0 Å². The Morgan fingerprint density at radius 2 is 1.93 bits per heavy atom. The molecule has 2 aromatic rings. The second kappa shape index (κ2) is 8.18. The topological polar surface area (TPSA) is 38.4 Å². The van der Waals surface area contributed by atoms with Gasteiger partial charge in [-0.3, -0.25) is 0 Å². The molecule has 3 rings (SSSR count). The summed E-state index contributed by atoms with van der Waals surface area (Å²) in [4.78, 5) is 4.85. The molecule has 3 heteroatoms. The molecule has 0 saturated carbocycles. The molecular weight excluding hydrogens is 348 g/mol. The van der Waals surface area contributed by atoms with Crippen LogP contribution in [0.4, 0.5) is 5.69 Å². The van der Waals surface area contributed by atoms with Crippen molar-refractivity contribution in [1.82, 2.24) is 0 Å². The number of benzene rings is 2. The minimum absolute atomic E-state index is 0.731. The molecule has 2 aromatic carbocycles. The number of aliphatic imine (C=N–C) groups is 1. The first-order valence-corrected chi connectivity index (χ1v) is 10.6. The lowest BCUT2D eigenvalue weighted by molar-refractivity contribution is 0.823. The van der Waals surface area contributed by atoms with Gasteiger partial charge in [0.25, 0.3) is 0 Å². The third kappa shape index (κ3) is 4.36. The molecule has 140 valence electrons. The Kier molecular flexibility index (Phi) is 5.91. The molecule has 0 amide bonds. The highest BCUT2D eigenvalue weighted by atomic mass is 32.2. The molecule has 0 unspecified atom stereocenters. The normalized spacial score (nSPS) is 14.2. The van der Waals surface area contributed by atoms with E-state index in [2.05, 4.69) is 50.6 Å². The maximum absolute atomic E-state index is 6.01. The lowest BCUT2D eigenvalue weighted by Crippen LogP contribution is -2.05. The Morgan fingerprint density at radius 1 is 1.15 bits per heavy atom. The second-order valence-electron chi connectivity index (χ2n) is 7.33. The Morgan fingerprint density at radius 3 is 2.67 bits per heavy atom. The van der Waals surface area contributed by atoms with Gasteiger partial charge in [0.15, 0.2) is 0 Å². The van der Waals surface area contributed by atoms with Gasteiger partial charge in [-0.25, -0.2) is 4.99 Å². The number of thioether (sulfide) groups is 1. The van der Waals surface area contributed by atoms with E-state index in [1.54, 1.807) is 11.8 Å². The number of hydrogen-bond acceptors (Lipinski definition) is 3. The van der Waals surface area contributed by atoms with Crippen molar-refractivity contribution in [2.45, 2.75) is 39.5 Å². The Hall–Kier alpha value is -2.26. The van der Waals surface area contributed by atoms with Crippen molar-refractivity contribution in [1.29, 1.82) is 0 Å². The van der Waals surface area contributed by atoms with Crippen LogP contribution in [0.25, 0.3) is 5.57 Å². The number of nitrogen functional groups attached to an aromatic ring is 1. The summed E-state index contributed by atoms with van der Waals surface area (Å²) in [6, 6.07) is 10.8. The first kappa shape index (κ1) is 19.5. The van der Waals surface area contributed by atoms with Gasteiger partial charge in [0, 0.05) is 23.4 Å². The van der Waals surface area contributed by atoms with Crippen LogP contribution in [0.1, 0.15) is 46.2 Å². The number of anilines is 1. The van der Waals surface area contributed by atoms with Gasteiger partial charge in [0.1, 0.15) is 5.04 Å². The number of aryl methyl sites for hydroxylation is 3. The summed E-state index contributed by atoms with van der Waals surface area (Å²) < 4.78 is 0. The third-order valence-electron chi connectivity index (χ3n) is 5.23. The molecular formula is C24H28N2S. The van der Waals surface area contributed by atoms with Crippen LogP contribution in [0.5, 0.6) is 0 Å². The van der Waals surface area contributed by atoms with E-state index in [9.17, 15) is 0 Å². The van der Waals surface area contributed by atoms with Gasteiger partial charge in [-0.05, 0) is 84.9 Å². The fourth-order valence-corrected chi connectivity index (χ4v) is 4.19. The Labute approximate surface area is 167 Å². The third-order valence-corrected chi connectivity index (χ3v) is 5.95. The monoisotopic (exact) mass is 376 g/mol. The van der Waals surface area contributed by atoms with Crippen LogP contribution in [0.15, 0.2) is 54.2 Å². The predicted molar refractivity (Wildman–Crippen MR) is 122 cm³/mol. The second-order valence-corrected chi connectivity index (χ2v) is 8.12. The van der Waals surface area contributed by atoms with Crippen LogP contribution in [0.2, 0.25) is 0 Å². The zero-order valence-corrected chi connectivity index (χ0v) is 17.4. The van der Waals surface area contributed by atoms with E-state index >= 15 is 0 Å². The van der Waals surface area contributed by atoms with E-state index in [4.69, 9.17) is 10.7 Å². The zero-order chi connectivity index (χ0) is 19.6. The molecule has 0 fully saturated rings. The molecule has 0 atom stereocenters. The molecule has 0 bridgehead atoms. The molecule has 2 N–H and O–H groups in total. The van der Waals surface area contributed by atoms with Crippen molar-refractivity contribution in [2.75, 3.05) is 12.0 Å². The highest BCUT2D eigenvalue weighted by Crippen LogP contribution is 2.31. The van der Waals surface area contributed by atoms with Crippen LogP contribution < -0.4 is 5.73 Å². The minimum Gasteiger partial charge on any atom is -0.399 e. The summed E-state index contributed by atoms with van der Waals surface area (Å²) >= 11 is 1.66. The number of rotatable bonds is 4. The average Bonchev–Trinajstić information content (AvgIpc) is 2.64. The van der Waals surface area contributed by atoms with Crippen molar-refractivity contribution in [3.63, 3.8) is 0 Å². The van der Waals surface area contributed by atoms with Crippen LogP contribution in [-0.2, 0) is 12.8 Å². The summed E-state index contributed by atoms with van der Waals surface area (Å²) in [6.45, 7) is 12.6. The standard InChI is InChI=1S/C24H28N2S/c1-15-7-6-8-19-9-10-20(14-22(15)19)24(27-5)26-18(4)13-21-11-17(3)23(25)12-16(21)2/h9-12,14H,1,4,6-8,13,25H2,2-3,5H3. The van der Waals surface area contributed by atoms with Gasteiger partial charge in [-0.1, -0.05) is 31.4 Å². The first-order valence-electron chi connectivity index (χ1n) is 9.36. The number of fused-ring (bicyclic) bond motifs is 1. The first-order chi connectivity index (χ1) is 12.9. The lowest BCUT2D eigenvalue weighted by Gasteiger charge is -2.19. The van der Waals surface area contributed by atoms with Gasteiger partial charge >= 0.3 is 0 Å². The number of allylic oxidation sites excluding steroid dienone is 2. The molecule has 0 aliphatic heterocycles. The van der Waals surface area contributed by atoms with E-state index < -0.39 is 0 Å². The summed E-state index contributed by atoms with van der Waals surface area (Å²) in [5.74, 6) is 0. The van der Waals surface area contributed by atoms with Gasteiger partial charge in [-0.2, -0.15) is 0 Å². The Balaban J connectivity index is 1.86. The van der Waals surface area contributed by atoms with Gasteiger partial charge in [0.05, 0.1) is 0 Å². The number of hydrogen-bond donors (Lipinski definition) is 1. The van der Waals surface area contributed by atoms with Gasteiger partial charge < -0.3 is 5.73 Å². The molecule has 0 saturated heterocycles. The van der Waals surface area contributed by atoms with E-state index in [-0.39, 0.29) is 0 Å². The number of nitrogens with two attached hydrogens (primary N) is 1. The molecule has 0 heterocycles. The van der Waals surface area contributed by atoms with Crippen LogP contribution in [0, 0.1) is 13.8 Å². The summed E-state index contributed by atoms with van der Waals surface area (Å²) in [6.07, 6.45) is 6.23. The minimum atomic E-state index is 0.731. The SMILES string of the molecule is C=C(Cc1cc(C)c(N)cc1C)N=C(SC)c1ccc2c(c1)C(=C)CCC2. The molecule has 27 heavy (non-hydrogen) atoms. The van der Waals surface area contributed by atoms with E-state index in [0.717, 1.165) is 46.8 Å². The van der Waals surface area contributed by atoms with Crippen LogP contribution in [0.3, 0.4) is 0 Å². The van der Waals surface area contributed by atoms with Gasteiger partial charge in [-0.15, -0.1) is 11.8 Å². The molecule has 1 aliphatic carbocycles. The highest BCUT2D eigenvalue weighted by Gasteiger charge is 2.15. The average molecular weight is 377 g/mol.